The second-order valence-corrected chi connectivity index (χ2v) is 4.35. The van der Waals surface area contributed by atoms with Gasteiger partial charge < -0.3 is 11.1 Å². The fourth-order valence-corrected chi connectivity index (χ4v) is 1.54. The summed E-state index contributed by atoms with van der Waals surface area (Å²) >= 11 is 5.85. The van der Waals surface area contributed by atoms with Gasteiger partial charge in [0, 0.05) is 12.2 Å². The van der Waals surface area contributed by atoms with E-state index in [1.54, 1.807) is 6.20 Å². The van der Waals surface area contributed by atoms with E-state index in [4.69, 9.17) is 17.3 Å². The second-order valence-electron chi connectivity index (χ2n) is 3.91. The smallest absolute Gasteiger partial charge is 0.126 e. The number of halogens is 1. The van der Waals surface area contributed by atoms with Crippen LogP contribution in [0.5, 0.6) is 0 Å². The third-order valence-corrected chi connectivity index (χ3v) is 2.35. The largest absolute Gasteiger partial charge is 0.383 e. The SMILES string of the molecule is CC(C)NCCCc1cc(Cl)cnc1N. The Morgan fingerprint density at radius 2 is 2.27 bits per heavy atom. The Hall–Kier alpha value is -0.800. The molecule has 0 aliphatic heterocycles. The van der Waals surface area contributed by atoms with Gasteiger partial charge in [-0.25, -0.2) is 4.98 Å². The van der Waals surface area contributed by atoms with E-state index in [0.717, 1.165) is 24.9 Å². The van der Waals surface area contributed by atoms with Crippen molar-refractivity contribution in [1.29, 1.82) is 0 Å². The summed E-state index contributed by atoms with van der Waals surface area (Å²) in [5.41, 5.74) is 6.78. The highest BCUT2D eigenvalue weighted by Gasteiger charge is 2.01. The number of nitrogens with zero attached hydrogens (tertiary/aromatic N) is 1. The zero-order valence-corrected chi connectivity index (χ0v) is 10.0. The minimum atomic E-state index is 0.528. The van der Waals surface area contributed by atoms with E-state index in [0.29, 0.717) is 16.9 Å². The molecule has 1 aromatic heterocycles. The molecule has 3 nitrogen and oxygen atoms in total. The summed E-state index contributed by atoms with van der Waals surface area (Å²) in [6, 6.07) is 2.42. The first-order valence-corrected chi connectivity index (χ1v) is 5.60. The minimum absolute atomic E-state index is 0.528. The van der Waals surface area contributed by atoms with Gasteiger partial charge >= 0.3 is 0 Å². The maximum absolute atomic E-state index is 5.85. The fraction of sp³-hybridized carbons (Fsp3) is 0.545. The van der Waals surface area contributed by atoms with Crippen LogP contribution >= 0.6 is 11.6 Å². The van der Waals surface area contributed by atoms with Gasteiger partial charge in [0.15, 0.2) is 0 Å². The molecule has 0 saturated heterocycles. The van der Waals surface area contributed by atoms with E-state index in [2.05, 4.69) is 24.1 Å². The van der Waals surface area contributed by atoms with Gasteiger partial charge in [-0.1, -0.05) is 25.4 Å². The quantitative estimate of drug-likeness (QED) is 0.759. The number of hydrogen-bond acceptors (Lipinski definition) is 3. The Labute approximate surface area is 96.0 Å². The van der Waals surface area contributed by atoms with Crippen LogP contribution in [0.1, 0.15) is 25.8 Å². The Kier molecular flexibility index (Phi) is 4.85. The molecule has 15 heavy (non-hydrogen) atoms. The van der Waals surface area contributed by atoms with Crippen molar-refractivity contribution in [2.24, 2.45) is 0 Å². The Bertz CT molecular complexity index is 313. The van der Waals surface area contributed by atoms with Gasteiger partial charge in [-0.15, -0.1) is 0 Å². The zero-order valence-electron chi connectivity index (χ0n) is 9.26. The Morgan fingerprint density at radius 1 is 1.53 bits per heavy atom. The number of pyridine rings is 1. The zero-order chi connectivity index (χ0) is 11.3. The van der Waals surface area contributed by atoms with Crippen LogP contribution in [0.15, 0.2) is 12.3 Å². The van der Waals surface area contributed by atoms with Gasteiger partial charge in [0.05, 0.1) is 5.02 Å². The maximum atomic E-state index is 5.85. The van der Waals surface area contributed by atoms with Crippen LogP contribution in [-0.4, -0.2) is 17.6 Å². The normalized spacial score (nSPS) is 10.9. The monoisotopic (exact) mass is 227 g/mol. The highest BCUT2D eigenvalue weighted by molar-refractivity contribution is 6.30. The molecule has 0 spiro atoms. The van der Waals surface area contributed by atoms with Crippen LogP contribution < -0.4 is 11.1 Å². The number of rotatable bonds is 5. The molecule has 0 radical (unpaired) electrons. The molecule has 3 N–H and O–H groups in total. The average Bonchev–Trinajstić information content (AvgIpc) is 2.17. The van der Waals surface area contributed by atoms with Gasteiger partial charge in [0.2, 0.25) is 0 Å². The number of anilines is 1. The molecule has 0 aromatic carbocycles. The molecule has 0 aliphatic rings. The highest BCUT2D eigenvalue weighted by Crippen LogP contribution is 2.16. The van der Waals surface area contributed by atoms with E-state index in [-0.39, 0.29) is 0 Å². The van der Waals surface area contributed by atoms with E-state index in [9.17, 15) is 0 Å². The molecule has 0 saturated carbocycles. The van der Waals surface area contributed by atoms with Crippen LogP contribution in [0.3, 0.4) is 0 Å². The van der Waals surface area contributed by atoms with E-state index >= 15 is 0 Å². The van der Waals surface area contributed by atoms with Crippen molar-refractivity contribution in [3.05, 3.63) is 22.8 Å². The highest BCUT2D eigenvalue weighted by atomic mass is 35.5. The Morgan fingerprint density at radius 3 is 2.93 bits per heavy atom. The third kappa shape index (κ3) is 4.49. The van der Waals surface area contributed by atoms with E-state index in [1.165, 1.54) is 0 Å². The summed E-state index contributed by atoms with van der Waals surface area (Å²) in [4.78, 5) is 4.02. The van der Waals surface area contributed by atoms with Crippen LogP contribution in [0.25, 0.3) is 0 Å². The minimum Gasteiger partial charge on any atom is -0.383 e. The molecular formula is C11H18ClN3. The van der Waals surface area contributed by atoms with Crippen molar-refractivity contribution in [2.75, 3.05) is 12.3 Å². The first kappa shape index (κ1) is 12.3. The first-order chi connectivity index (χ1) is 7.09. The van der Waals surface area contributed by atoms with Crippen molar-refractivity contribution in [1.82, 2.24) is 10.3 Å². The average molecular weight is 228 g/mol. The fourth-order valence-electron chi connectivity index (χ4n) is 1.36. The van der Waals surface area contributed by atoms with Gasteiger partial charge in [0.25, 0.3) is 0 Å². The topological polar surface area (TPSA) is 50.9 Å². The van der Waals surface area contributed by atoms with Crippen LogP contribution in [-0.2, 0) is 6.42 Å². The van der Waals surface area contributed by atoms with Crippen LogP contribution in [0, 0.1) is 0 Å². The van der Waals surface area contributed by atoms with Gasteiger partial charge in [0.1, 0.15) is 5.82 Å². The molecule has 0 aliphatic carbocycles. The lowest BCUT2D eigenvalue weighted by Gasteiger charge is -2.08. The van der Waals surface area contributed by atoms with Crippen LogP contribution in [0.4, 0.5) is 5.82 Å². The summed E-state index contributed by atoms with van der Waals surface area (Å²) in [5, 5.41) is 4.00. The maximum Gasteiger partial charge on any atom is 0.126 e. The molecule has 0 bridgehead atoms. The number of hydrogen-bond donors (Lipinski definition) is 2. The molecule has 0 unspecified atom stereocenters. The van der Waals surface area contributed by atoms with Crippen molar-refractivity contribution in [3.63, 3.8) is 0 Å². The van der Waals surface area contributed by atoms with Crippen molar-refractivity contribution >= 4 is 17.4 Å². The number of aryl methyl sites for hydroxylation is 1. The van der Waals surface area contributed by atoms with Gasteiger partial charge in [-0.2, -0.15) is 0 Å². The Balaban J connectivity index is 2.40. The van der Waals surface area contributed by atoms with Gasteiger partial charge in [-0.05, 0) is 31.0 Å². The van der Waals surface area contributed by atoms with Gasteiger partial charge in [-0.3, -0.25) is 0 Å². The molecule has 0 fully saturated rings. The standard InChI is InChI=1S/C11H18ClN3/c1-8(2)14-5-3-4-9-6-10(12)7-15-11(9)13/h6-8,14H,3-5H2,1-2H3,(H2,13,15). The number of aromatic nitrogens is 1. The molecule has 1 heterocycles. The van der Waals surface area contributed by atoms with E-state index in [1.807, 2.05) is 6.07 Å². The van der Waals surface area contributed by atoms with Crippen molar-refractivity contribution < 1.29 is 0 Å². The summed E-state index contributed by atoms with van der Waals surface area (Å²) in [7, 11) is 0. The number of nitrogens with two attached hydrogens (primary N) is 1. The molecule has 1 rings (SSSR count). The lowest BCUT2D eigenvalue weighted by atomic mass is 10.1. The number of nitrogens with one attached hydrogen (secondary N) is 1. The molecule has 84 valence electrons. The molecule has 1 aromatic rings. The lowest BCUT2D eigenvalue weighted by molar-refractivity contribution is 0.570. The second kappa shape index (κ2) is 5.93. The third-order valence-electron chi connectivity index (χ3n) is 2.14. The van der Waals surface area contributed by atoms with Crippen molar-refractivity contribution in [2.45, 2.75) is 32.7 Å². The van der Waals surface area contributed by atoms with Crippen LogP contribution in [0.2, 0.25) is 5.02 Å². The van der Waals surface area contributed by atoms with Crippen molar-refractivity contribution in [3.8, 4) is 0 Å². The molecule has 0 atom stereocenters. The summed E-state index contributed by atoms with van der Waals surface area (Å²) in [5.74, 6) is 0.587. The molecular weight excluding hydrogens is 210 g/mol. The predicted octanol–water partition coefficient (Wildman–Crippen LogP) is 2.25. The van der Waals surface area contributed by atoms with E-state index < -0.39 is 0 Å². The molecule has 0 amide bonds. The first-order valence-electron chi connectivity index (χ1n) is 5.23. The summed E-state index contributed by atoms with van der Waals surface area (Å²) < 4.78 is 0. The lowest BCUT2D eigenvalue weighted by Crippen LogP contribution is -2.24. The molecule has 4 heteroatoms. The summed E-state index contributed by atoms with van der Waals surface area (Å²) in [6.07, 6.45) is 3.54. The predicted molar refractivity (Wildman–Crippen MR) is 65.1 cm³/mol. The summed E-state index contributed by atoms with van der Waals surface area (Å²) in [6.45, 7) is 5.26. The number of nitrogen functional groups attached to an aromatic ring is 1.